The lowest BCUT2D eigenvalue weighted by Crippen LogP contribution is -2.38. The van der Waals surface area contributed by atoms with Gasteiger partial charge >= 0.3 is 0 Å². The molecule has 2 fully saturated rings. The van der Waals surface area contributed by atoms with Crippen molar-refractivity contribution in [2.24, 2.45) is 0 Å². The molecule has 0 aliphatic carbocycles. The average molecular weight is 615 g/mol. The first-order chi connectivity index (χ1) is 21.4. The maximum absolute atomic E-state index is 12.7. The predicted octanol–water partition coefficient (Wildman–Crippen LogP) is 4.94. The van der Waals surface area contributed by atoms with Gasteiger partial charge in [0.25, 0.3) is 0 Å². The van der Waals surface area contributed by atoms with E-state index in [2.05, 4.69) is 15.7 Å². The van der Waals surface area contributed by atoms with Crippen LogP contribution in [-0.4, -0.2) is 55.4 Å². The SMILES string of the molecule is O=S(=O)(NCc1cccc(-c2cccc([C@H]3O[C@@H](CN4CC[C@H](O)C4)C[C@@H](c4ccc(CO)cc4)O3)c2)c1)c1ccccc1. The molecule has 4 aromatic carbocycles. The number of ether oxygens (including phenoxy) is 2. The van der Waals surface area contributed by atoms with Crippen molar-refractivity contribution in [1.29, 1.82) is 0 Å². The van der Waals surface area contributed by atoms with Crippen LogP contribution >= 0.6 is 0 Å². The molecule has 2 heterocycles. The third-order valence-electron chi connectivity index (χ3n) is 8.26. The highest BCUT2D eigenvalue weighted by Gasteiger charge is 2.34. The van der Waals surface area contributed by atoms with Gasteiger partial charge < -0.3 is 19.7 Å². The highest BCUT2D eigenvalue weighted by atomic mass is 32.2. The smallest absolute Gasteiger partial charge is 0.240 e. The van der Waals surface area contributed by atoms with E-state index in [9.17, 15) is 18.6 Å². The zero-order valence-electron chi connectivity index (χ0n) is 24.5. The number of aliphatic hydroxyl groups is 2. The Morgan fingerprint density at radius 3 is 2.30 bits per heavy atom. The molecule has 0 bridgehead atoms. The van der Waals surface area contributed by atoms with Crippen LogP contribution in [0.3, 0.4) is 0 Å². The lowest BCUT2D eigenvalue weighted by molar-refractivity contribution is -0.252. The van der Waals surface area contributed by atoms with Gasteiger partial charge in [0, 0.05) is 38.2 Å². The fraction of sp³-hybridized carbons (Fsp3) is 0.314. The molecule has 2 aliphatic rings. The number of rotatable bonds is 10. The molecule has 0 amide bonds. The van der Waals surface area contributed by atoms with Crippen molar-refractivity contribution in [3.63, 3.8) is 0 Å². The van der Waals surface area contributed by atoms with Crippen molar-refractivity contribution >= 4 is 10.0 Å². The number of aliphatic hydroxyl groups excluding tert-OH is 2. The first kappa shape index (κ1) is 30.6. The molecular weight excluding hydrogens is 576 g/mol. The number of nitrogens with one attached hydrogen (secondary N) is 1. The van der Waals surface area contributed by atoms with Crippen LogP contribution in [0.25, 0.3) is 11.1 Å². The van der Waals surface area contributed by atoms with Crippen LogP contribution in [0.1, 0.15) is 47.5 Å². The monoisotopic (exact) mass is 614 g/mol. The van der Waals surface area contributed by atoms with Gasteiger partial charge in [-0.1, -0.05) is 78.9 Å². The molecule has 0 unspecified atom stereocenters. The largest absolute Gasteiger partial charge is 0.392 e. The third-order valence-corrected chi connectivity index (χ3v) is 9.68. The average Bonchev–Trinajstić information content (AvgIpc) is 3.48. The molecule has 4 atom stereocenters. The van der Waals surface area contributed by atoms with E-state index >= 15 is 0 Å². The summed E-state index contributed by atoms with van der Waals surface area (Å²) in [5.74, 6) is 0. The number of hydrogen-bond donors (Lipinski definition) is 3. The lowest BCUT2D eigenvalue weighted by atomic mass is 9.98. The van der Waals surface area contributed by atoms with Gasteiger partial charge in [0.1, 0.15) is 0 Å². The van der Waals surface area contributed by atoms with Crippen LogP contribution in [0.5, 0.6) is 0 Å². The summed E-state index contributed by atoms with van der Waals surface area (Å²) in [4.78, 5) is 2.48. The van der Waals surface area contributed by atoms with E-state index in [1.807, 2.05) is 66.7 Å². The number of hydrogen-bond acceptors (Lipinski definition) is 7. The summed E-state index contributed by atoms with van der Waals surface area (Å²) in [6.07, 6.45) is 0.281. The van der Waals surface area contributed by atoms with E-state index in [1.165, 1.54) is 0 Å². The predicted molar refractivity (Wildman–Crippen MR) is 168 cm³/mol. The molecular formula is C35H38N2O6S. The maximum atomic E-state index is 12.7. The minimum Gasteiger partial charge on any atom is -0.392 e. The molecule has 2 aliphatic heterocycles. The first-order valence-electron chi connectivity index (χ1n) is 15.0. The number of sulfonamides is 1. The fourth-order valence-electron chi connectivity index (χ4n) is 5.89. The van der Waals surface area contributed by atoms with Crippen molar-refractivity contribution < 1.29 is 28.1 Å². The second-order valence-electron chi connectivity index (χ2n) is 11.5. The summed E-state index contributed by atoms with van der Waals surface area (Å²) < 4.78 is 41.2. The van der Waals surface area contributed by atoms with Crippen molar-refractivity contribution in [2.45, 2.75) is 55.5 Å². The summed E-state index contributed by atoms with van der Waals surface area (Å²) in [6, 6.07) is 32.1. The molecule has 6 rings (SSSR count). The Labute approximate surface area is 258 Å². The molecule has 0 spiro atoms. The number of nitrogens with zero attached hydrogens (tertiary/aromatic N) is 1. The summed E-state index contributed by atoms with van der Waals surface area (Å²) in [7, 11) is -3.62. The Bertz CT molecular complexity index is 1650. The van der Waals surface area contributed by atoms with Gasteiger partial charge in [0.05, 0.1) is 29.8 Å². The standard InChI is InChI=1S/C35H38N2O6S/c38-24-25-12-14-27(15-13-25)34-20-32(23-37-17-16-31(39)22-37)42-35(43-34)30-9-5-8-29(19-30)28-7-4-6-26(18-28)21-36-44(40,41)33-10-2-1-3-11-33/h1-15,18-19,31-32,34-36,38-39H,16-17,20-24H2/t31-,32+,34-,35-/m0/s1. The van der Waals surface area contributed by atoms with Crippen molar-refractivity contribution in [3.8, 4) is 11.1 Å². The Morgan fingerprint density at radius 1 is 0.818 bits per heavy atom. The lowest BCUT2D eigenvalue weighted by Gasteiger charge is -2.38. The summed E-state index contributed by atoms with van der Waals surface area (Å²) in [5.41, 5.74) is 5.54. The van der Waals surface area contributed by atoms with Gasteiger partial charge in [-0.2, -0.15) is 0 Å². The Hall–Kier alpha value is -3.41. The van der Waals surface area contributed by atoms with Crippen LogP contribution in [0.15, 0.2) is 108 Å². The van der Waals surface area contributed by atoms with E-state index in [0.717, 1.165) is 46.3 Å². The Kier molecular flexibility index (Phi) is 9.53. The van der Waals surface area contributed by atoms with Crippen LogP contribution in [0, 0.1) is 0 Å². The van der Waals surface area contributed by atoms with Crippen LogP contribution in [-0.2, 0) is 32.6 Å². The topological polar surface area (TPSA) is 108 Å². The van der Waals surface area contributed by atoms with Gasteiger partial charge in [-0.3, -0.25) is 4.90 Å². The number of β-amino-alcohol motifs (C(OH)–C–C–N with tert-alkyl or cyclic N) is 1. The summed E-state index contributed by atoms with van der Waals surface area (Å²) in [5, 5.41) is 19.6. The van der Waals surface area contributed by atoms with Crippen LogP contribution < -0.4 is 4.72 Å². The number of benzene rings is 4. The normalized spacial score (nSPS) is 22.7. The van der Waals surface area contributed by atoms with Crippen LogP contribution in [0.4, 0.5) is 0 Å². The summed E-state index contributed by atoms with van der Waals surface area (Å²) >= 11 is 0. The molecule has 0 saturated carbocycles. The van der Waals surface area contributed by atoms with Crippen LogP contribution in [0.2, 0.25) is 0 Å². The van der Waals surface area contributed by atoms with Crippen molar-refractivity contribution in [3.05, 3.63) is 125 Å². The van der Waals surface area contributed by atoms with Gasteiger partial charge in [-0.25, -0.2) is 13.1 Å². The van der Waals surface area contributed by atoms with Crippen molar-refractivity contribution in [1.82, 2.24) is 9.62 Å². The highest BCUT2D eigenvalue weighted by molar-refractivity contribution is 7.89. The minimum absolute atomic E-state index is 0.00958. The number of likely N-dealkylation sites (tertiary alicyclic amines) is 1. The molecule has 3 N–H and O–H groups in total. The quantitative estimate of drug-likeness (QED) is 0.232. The molecule has 2 saturated heterocycles. The second kappa shape index (κ2) is 13.7. The van der Waals surface area contributed by atoms with E-state index in [1.54, 1.807) is 30.3 Å². The molecule has 8 nitrogen and oxygen atoms in total. The Balaban J connectivity index is 1.21. The third kappa shape index (κ3) is 7.44. The molecule has 9 heteroatoms. The zero-order chi connectivity index (χ0) is 30.5. The molecule has 0 radical (unpaired) electrons. The van der Waals surface area contributed by atoms with E-state index in [-0.39, 0.29) is 36.4 Å². The van der Waals surface area contributed by atoms with E-state index < -0.39 is 16.3 Å². The Morgan fingerprint density at radius 2 is 1.57 bits per heavy atom. The molecule has 230 valence electrons. The van der Waals surface area contributed by atoms with Gasteiger partial charge in [0.2, 0.25) is 10.0 Å². The van der Waals surface area contributed by atoms with Crippen molar-refractivity contribution in [2.75, 3.05) is 19.6 Å². The van der Waals surface area contributed by atoms with E-state index in [4.69, 9.17) is 9.47 Å². The molecule has 44 heavy (non-hydrogen) atoms. The summed E-state index contributed by atoms with van der Waals surface area (Å²) in [6.45, 7) is 2.36. The zero-order valence-corrected chi connectivity index (χ0v) is 25.3. The van der Waals surface area contributed by atoms with Gasteiger partial charge in [-0.05, 0) is 58.5 Å². The van der Waals surface area contributed by atoms with E-state index in [0.29, 0.717) is 19.5 Å². The second-order valence-corrected chi connectivity index (χ2v) is 13.3. The molecule has 0 aromatic heterocycles. The highest BCUT2D eigenvalue weighted by Crippen LogP contribution is 2.39. The van der Waals surface area contributed by atoms with Gasteiger partial charge in [0.15, 0.2) is 6.29 Å². The van der Waals surface area contributed by atoms with Gasteiger partial charge in [-0.15, -0.1) is 0 Å². The fourth-order valence-corrected chi connectivity index (χ4v) is 6.92. The first-order valence-corrected chi connectivity index (χ1v) is 16.5. The maximum Gasteiger partial charge on any atom is 0.240 e. The molecule has 4 aromatic rings. The minimum atomic E-state index is -3.62.